The van der Waals surface area contributed by atoms with Crippen molar-refractivity contribution in [3.05, 3.63) is 59.3 Å². The summed E-state index contributed by atoms with van der Waals surface area (Å²) in [4.78, 5) is 70.6. The van der Waals surface area contributed by atoms with Gasteiger partial charge in [0.25, 0.3) is 5.91 Å². The molecule has 0 aliphatic carbocycles. The van der Waals surface area contributed by atoms with Crippen molar-refractivity contribution in [2.24, 2.45) is 11.8 Å². The fourth-order valence-corrected chi connectivity index (χ4v) is 5.15. The van der Waals surface area contributed by atoms with Crippen molar-refractivity contribution >= 4 is 29.5 Å². The molecule has 6 N–H and O–H groups in total. The van der Waals surface area contributed by atoms with E-state index in [-0.39, 0.29) is 54.6 Å². The number of halogens is 2. The Labute approximate surface area is 295 Å². The zero-order valence-corrected chi connectivity index (χ0v) is 30.6. The predicted octanol–water partition coefficient (Wildman–Crippen LogP) is 3.48. The van der Waals surface area contributed by atoms with Crippen molar-refractivity contribution < 1.29 is 37.6 Å². The van der Waals surface area contributed by atoms with Gasteiger partial charge in [0.05, 0.1) is 7.11 Å². The first-order valence-electron chi connectivity index (χ1n) is 17.3. The average molecular weight is 707 g/mol. The molecule has 1 aromatic carbocycles. The molecule has 0 aromatic heterocycles. The summed E-state index contributed by atoms with van der Waals surface area (Å²) in [5.74, 6) is -4.40. The number of amides is 5. The Morgan fingerprint density at radius 1 is 0.840 bits per heavy atom. The zero-order valence-electron chi connectivity index (χ0n) is 30.6. The van der Waals surface area contributed by atoms with Gasteiger partial charge in [0.15, 0.2) is 0 Å². The highest BCUT2D eigenvalue weighted by atomic mass is 19.1. The number of hydrogen-bond donors (Lipinski definition) is 6. The standard InChI is InChI=1S/C36H56F2N6O6/c1-9-13-29(42-36(49)32(23(7)10-2)44-33(46)25(11-3)16-17-40-50-8)34(47)41-28(20-24-18-26(37)21-27(38)19-24)14-15-30(45)43-31(22(5)6)35(48)39-12-4/h11,16-19,21-23,28-29,31-32,40H,9-10,12-15,20H2,1-8H3,(H,39,48)(H,41,47)(H,42,49)(H,43,45)(H,44,46)/b17-16-,25-11+/t23-,28+,29?,31?,32-/m0/s1. The predicted molar refractivity (Wildman–Crippen MR) is 188 cm³/mol. The summed E-state index contributed by atoms with van der Waals surface area (Å²) in [6.45, 7) is 13.0. The van der Waals surface area contributed by atoms with Gasteiger partial charge in [-0.1, -0.05) is 53.5 Å². The van der Waals surface area contributed by atoms with Crippen LogP contribution in [0.1, 0.15) is 86.1 Å². The Bertz CT molecular complexity index is 1320. The monoisotopic (exact) mass is 706 g/mol. The van der Waals surface area contributed by atoms with E-state index in [1.165, 1.54) is 19.4 Å². The third kappa shape index (κ3) is 15.5. The third-order valence-electron chi connectivity index (χ3n) is 8.10. The molecule has 0 aliphatic rings. The molecular formula is C36H56F2N6O6. The second-order valence-electron chi connectivity index (χ2n) is 12.5. The Morgan fingerprint density at radius 3 is 2.04 bits per heavy atom. The zero-order chi connectivity index (χ0) is 37.8. The fourth-order valence-electron chi connectivity index (χ4n) is 5.15. The van der Waals surface area contributed by atoms with Crippen molar-refractivity contribution in [3.63, 3.8) is 0 Å². The van der Waals surface area contributed by atoms with Gasteiger partial charge >= 0.3 is 0 Å². The van der Waals surface area contributed by atoms with Gasteiger partial charge in [-0.05, 0) is 68.7 Å². The van der Waals surface area contributed by atoms with Gasteiger partial charge in [0, 0.05) is 36.8 Å². The van der Waals surface area contributed by atoms with E-state index in [1.807, 2.05) is 20.8 Å². The lowest BCUT2D eigenvalue weighted by Crippen LogP contribution is -2.56. The van der Waals surface area contributed by atoms with Crippen molar-refractivity contribution in [2.75, 3.05) is 13.7 Å². The molecule has 280 valence electrons. The van der Waals surface area contributed by atoms with Crippen LogP contribution in [0.4, 0.5) is 8.78 Å². The minimum Gasteiger partial charge on any atom is -0.355 e. The summed E-state index contributed by atoms with van der Waals surface area (Å²) < 4.78 is 28.1. The lowest BCUT2D eigenvalue weighted by molar-refractivity contribution is -0.133. The maximum atomic E-state index is 14.1. The smallest absolute Gasteiger partial charge is 0.251 e. The van der Waals surface area contributed by atoms with Gasteiger partial charge in [-0.2, -0.15) is 0 Å². The Kier molecular flexibility index (Phi) is 20.2. The van der Waals surface area contributed by atoms with Crippen LogP contribution in [0.2, 0.25) is 0 Å². The van der Waals surface area contributed by atoms with Gasteiger partial charge in [0.2, 0.25) is 23.6 Å². The average Bonchev–Trinajstić information content (AvgIpc) is 3.05. The van der Waals surface area contributed by atoms with Crippen LogP contribution < -0.4 is 32.1 Å². The van der Waals surface area contributed by atoms with E-state index >= 15 is 0 Å². The molecule has 5 atom stereocenters. The van der Waals surface area contributed by atoms with Gasteiger partial charge in [-0.15, -0.1) is 0 Å². The van der Waals surface area contributed by atoms with E-state index in [0.717, 1.165) is 18.2 Å². The molecule has 1 rings (SSSR count). The minimum atomic E-state index is -1.01. The largest absolute Gasteiger partial charge is 0.355 e. The number of benzene rings is 1. The van der Waals surface area contributed by atoms with Crippen LogP contribution in [0.3, 0.4) is 0 Å². The van der Waals surface area contributed by atoms with Crippen LogP contribution in [0.25, 0.3) is 0 Å². The lowest BCUT2D eigenvalue weighted by Gasteiger charge is -2.28. The Balaban J connectivity index is 3.23. The molecule has 0 saturated heterocycles. The minimum absolute atomic E-state index is 0.00640. The number of carbonyl (C=O) groups excluding carboxylic acids is 5. The SMILES string of the molecule is C/C=C(\C=C/NOC)C(=O)N[C@H](C(=O)NC(CCC)C(=O)N[C@H](CCC(=O)NC(C(=O)NCC)C(C)C)Cc1cc(F)cc(F)c1)[C@@H](C)CC. The highest BCUT2D eigenvalue weighted by molar-refractivity contribution is 5.99. The third-order valence-corrected chi connectivity index (χ3v) is 8.10. The van der Waals surface area contributed by atoms with Gasteiger partial charge in [0.1, 0.15) is 29.8 Å². The number of hydrogen-bond acceptors (Lipinski definition) is 7. The molecule has 0 heterocycles. The van der Waals surface area contributed by atoms with Gasteiger partial charge in [-0.3, -0.25) is 34.3 Å². The van der Waals surface area contributed by atoms with Crippen LogP contribution in [0.5, 0.6) is 0 Å². The van der Waals surface area contributed by atoms with Crippen molar-refractivity contribution in [1.29, 1.82) is 0 Å². The second kappa shape index (κ2) is 23.1. The molecule has 0 aliphatic heterocycles. The highest BCUT2D eigenvalue weighted by Crippen LogP contribution is 2.15. The molecule has 12 nitrogen and oxygen atoms in total. The Hall–Kier alpha value is -4.33. The van der Waals surface area contributed by atoms with Gasteiger partial charge in [-0.25, -0.2) is 8.78 Å². The summed E-state index contributed by atoms with van der Waals surface area (Å²) >= 11 is 0. The second-order valence-corrected chi connectivity index (χ2v) is 12.5. The number of likely N-dealkylation sites (N-methyl/N-ethyl adjacent to an activating group) is 1. The molecule has 50 heavy (non-hydrogen) atoms. The van der Waals surface area contributed by atoms with E-state index in [1.54, 1.807) is 33.8 Å². The first kappa shape index (κ1) is 43.7. The van der Waals surface area contributed by atoms with E-state index < -0.39 is 59.4 Å². The first-order chi connectivity index (χ1) is 23.7. The molecule has 0 fully saturated rings. The van der Waals surface area contributed by atoms with Crippen LogP contribution in [0, 0.1) is 23.5 Å². The van der Waals surface area contributed by atoms with Crippen molar-refractivity contribution in [3.8, 4) is 0 Å². The maximum Gasteiger partial charge on any atom is 0.251 e. The molecule has 0 bridgehead atoms. The summed E-state index contributed by atoms with van der Waals surface area (Å²) in [5, 5.41) is 13.9. The van der Waals surface area contributed by atoms with E-state index in [9.17, 15) is 32.8 Å². The highest BCUT2D eigenvalue weighted by Gasteiger charge is 2.31. The van der Waals surface area contributed by atoms with Crippen molar-refractivity contribution in [1.82, 2.24) is 32.1 Å². The van der Waals surface area contributed by atoms with Crippen LogP contribution in [0.15, 0.2) is 42.1 Å². The molecule has 2 unspecified atom stereocenters. The summed E-state index contributed by atoms with van der Waals surface area (Å²) in [5.41, 5.74) is 3.05. The number of carbonyl (C=O) groups is 5. The number of nitrogens with one attached hydrogen (secondary N) is 6. The first-order valence-corrected chi connectivity index (χ1v) is 17.3. The van der Waals surface area contributed by atoms with E-state index in [4.69, 9.17) is 4.84 Å². The normalized spacial score (nSPS) is 14.7. The summed E-state index contributed by atoms with van der Waals surface area (Å²) in [6, 6.07) is -0.463. The Morgan fingerprint density at radius 2 is 1.50 bits per heavy atom. The maximum absolute atomic E-state index is 14.1. The van der Waals surface area contributed by atoms with Crippen LogP contribution >= 0.6 is 0 Å². The molecule has 1 aromatic rings. The molecule has 0 radical (unpaired) electrons. The van der Waals surface area contributed by atoms with E-state index in [2.05, 4.69) is 32.1 Å². The van der Waals surface area contributed by atoms with Gasteiger partial charge < -0.3 is 26.6 Å². The fraction of sp³-hybridized carbons (Fsp3) is 0.583. The lowest BCUT2D eigenvalue weighted by atomic mass is 9.96. The van der Waals surface area contributed by atoms with Crippen LogP contribution in [-0.2, 0) is 35.2 Å². The van der Waals surface area contributed by atoms with Crippen LogP contribution in [-0.4, -0.2) is 67.4 Å². The van der Waals surface area contributed by atoms with E-state index in [0.29, 0.717) is 19.4 Å². The molecular weight excluding hydrogens is 650 g/mol. The molecule has 14 heteroatoms. The quantitative estimate of drug-likeness (QED) is 0.0610. The number of hydroxylamine groups is 1. The summed E-state index contributed by atoms with van der Waals surface area (Å²) in [7, 11) is 1.42. The molecule has 0 saturated carbocycles. The summed E-state index contributed by atoms with van der Waals surface area (Å²) in [6.07, 6.45) is 5.81. The van der Waals surface area contributed by atoms with Crippen molar-refractivity contribution in [2.45, 2.75) is 111 Å². The number of rotatable bonds is 22. The molecule has 0 spiro atoms. The number of allylic oxidation sites excluding steroid dienone is 1. The topological polar surface area (TPSA) is 167 Å². The molecule has 5 amide bonds.